The van der Waals surface area contributed by atoms with Gasteiger partial charge in [0.05, 0.1) is 6.54 Å². The SMILES string of the molecule is [N-]=[N+]=NCc1cc(Br)c(N=NN2CCCC2)c(Br)c1. The van der Waals surface area contributed by atoms with Crippen molar-refractivity contribution in [3.05, 3.63) is 37.1 Å². The molecule has 1 aromatic rings. The van der Waals surface area contributed by atoms with Crippen molar-refractivity contribution in [1.82, 2.24) is 5.01 Å². The van der Waals surface area contributed by atoms with Crippen molar-refractivity contribution < 1.29 is 0 Å². The van der Waals surface area contributed by atoms with Gasteiger partial charge >= 0.3 is 0 Å². The Morgan fingerprint density at radius 3 is 2.42 bits per heavy atom. The highest BCUT2D eigenvalue weighted by atomic mass is 79.9. The molecule has 1 aliphatic heterocycles. The van der Waals surface area contributed by atoms with E-state index in [1.807, 2.05) is 17.1 Å². The fraction of sp³-hybridized carbons (Fsp3) is 0.455. The minimum atomic E-state index is 0.317. The minimum absolute atomic E-state index is 0.317. The van der Waals surface area contributed by atoms with Crippen LogP contribution in [0.25, 0.3) is 10.4 Å². The Hall–Kier alpha value is -1.11. The summed E-state index contributed by atoms with van der Waals surface area (Å²) in [5.74, 6) is 0. The van der Waals surface area contributed by atoms with E-state index in [1.165, 1.54) is 12.8 Å². The number of nitrogens with zero attached hydrogens (tertiary/aromatic N) is 6. The van der Waals surface area contributed by atoms with Crippen molar-refractivity contribution in [2.45, 2.75) is 19.4 Å². The molecule has 0 radical (unpaired) electrons. The summed E-state index contributed by atoms with van der Waals surface area (Å²) in [5.41, 5.74) is 9.98. The first-order valence-corrected chi connectivity index (χ1v) is 7.44. The molecule has 0 unspecified atom stereocenters. The molecule has 0 atom stereocenters. The number of hydrogen-bond donors (Lipinski definition) is 0. The van der Waals surface area contributed by atoms with E-state index in [2.05, 4.69) is 52.2 Å². The second-order valence-corrected chi connectivity index (χ2v) is 5.86. The smallest absolute Gasteiger partial charge is 0.116 e. The summed E-state index contributed by atoms with van der Waals surface area (Å²) in [6.45, 7) is 2.25. The molecule has 0 bridgehead atoms. The van der Waals surface area contributed by atoms with Crippen molar-refractivity contribution in [3.63, 3.8) is 0 Å². The van der Waals surface area contributed by atoms with Gasteiger partial charge in [0.25, 0.3) is 0 Å². The molecule has 6 nitrogen and oxygen atoms in total. The van der Waals surface area contributed by atoms with E-state index in [0.29, 0.717) is 6.54 Å². The van der Waals surface area contributed by atoms with Crippen molar-refractivity contribution in [3.8, 4) is 0 Å². The van der Waals surface area contributed by atoms with E-state index in [-0.39, 0.29) is 0 Å². The van der Waals surface area contributed by atoms with E-state index in [4.69, 9.17) is 5.53 Å². The Bertz CT molecular complexity index is 509. The summed E-state index contributed by atoms with van der Waals surface area (Å²) in [6, 6.07) is 3.77. The first-order chi connectivity index (χ1) is 9.20. The molecule has 1 saturated heterocycles. The number of azide groups is 1. The van der Waals surface area contributed by atoms with Gasteiger partial charge in [-0.1, -0.05) is 10.3 Å². The summed E-state index contributed by atoms with van der Waals surface area (Å²) >= 11 is 6.92. The molecule has 0 saturated carbocycles. The van der Waals surface area contributed by atoms with Crippen LogP contribution >= 0.6 is 31.9 Å². The molecule has 0 aromatic heterocycles. The molecule has 19 heavy (non-hydrogen) atoms. The van der Waals surface area contributed by atoms with Gasteiger partial charge in [-0.2, -0.15) is 0 Å². The molecule has 1 aromatic carbocycles. The predicted molar refractivity (Wildman–Crippen MR) is 80.0 cm³/mol. The molecule has 8 heteroatoms. The zero-order valence-corrected chi connectivity index (χ0v) is 13.3. The van der Waals surface area contributed by atoms with Gasteiger partial charge in [0.2, 0.25) is 0 Å². The van der Waals surface area contributed by atoms with Gasteiger partial charge in [0.1, 0.15) is 5.69 Å². The largest absolute Gasteiger partial charge is 0.278 e. The lowest BCUT2D eigenvalue weighted by atomic mass is 10.2. The minimum Gasteiger partial charge on any atom is -0.278 e. The Balaban J connectivity index is 2.18. The fourth-order valence-electron chi connectivity index (χ4n) is 1.82. The van der Waals surface area contributed by atoms with Crippen molar-refractivity contribution in [2.24, 2.45) is 15.5 Å². The van der Waals surface area contributed by atoms with Crippen LogP contribution in [0.15, 0.2) is 36.5 Å². The quantitative estimate of drug-likeness (QED) is 0.401. The van der Waals surface area contributed by atoms with E-state index in [1.54, 1.807) is 0 Å². The zero-order valence-electron chi connectivity index (χ0n) is 10.1. The summed E-state index contributed by atoms with van der Waals surface area (Å²) in [5, 5.41) is 14.0. The monoisotopic (exact) mass is 386 g/mol. The molecule has 1 heterocycles. The van der Waals surface area contributed by atoms with Crippen LogP contribution < -0.4 is 0 Å². The second-order valence-electron chi connectivity index (χ2n) is 4.15. The van der Waals surface area contributed by atoms with E-state index < -0.39 is 0 Å². The Labute approximate surface area is 127 Å². The molecule has 0 aliphatic carbocycles. The van der Waals surface area contributed by atoms with Gasteiger partial charge in [0.15, 0.2) is 0 Å². The van der Waals surface area contributed by atoms with Gasteiger partial charge in [-0.05, 0) is 67.9 Å². The third kappa shape index (κ3) is 3.92. The van der Waals surface area contributed by atoms with E-state index in [9.17, 15) is 0 Å². The van der Waals surface area contributed by atoms with E-state index in [0.717, 1.165) is 33.3 Å². The fourth-order valence-corrected chi connectivity index (χ4v) is 3.26. The van der Waals surface area contributed by atoms with Gasteiger partial charge in [-0.25, -0.2) is 0 Å². The van der Waals surface area contributed by atoms with Crippen molar-refractivity contribution in [2.75, 3.05) is 13.1 Å². The topological polar surface area (TPSA) is 76.7 Å². The molecule has 0 spiro atoms. The van der Waals surface area contributed by atoms with Gasteiger partial charge in [-0.15, -0.1) is 5.11 Å². The highest BCUT2D eigenvalue weighted by Crippen LogP contribution is 2.35. The van der Waals surface area contributed by atoms with Crippen LogP contribution in [0.4, 0.5) is 5.69 Å². The molecule has 0 N–H and O–H groups in total. The Kier molecular flexibility index (Phi) is 5.18. The summed E-state index contributed by atoms with van der Waals surface area (Å²) in [4.78, 5) is 2.75. The first kappa shape index (κ1) is 14.3. The highest BCUT2D eigenvalue weighted by molar-refractivity contribution is 9.11. The van der Waals surface area contributed by atoms with Gasteiger partial charge in [0, 0.05) is 26.9 Å². The second kappa shape index (κ2) is 6.88. The van der Waals surface area contributed by atoms with Crippen LogP contribution in [0.3, 0.4) is 0 Å². The van der Waals surface area contributed by atoms with Crippen LogP contribution in [-0.2, 0) is 6.54 Å². The maximum absolute atomic E-state index is 8.32. The van der Waals surface area contributed by atoms with Crippen molar-refractivity contribution in [1.29, 1.82) is 0 Å². The van der Waals surface area contributed by atoms with Crippen LogP contribution in [0, 0.1) is 0 Å². The summed E-state index contributed by atoms with van der Waals surface area (Å²) < 4.78 is 1.65. The Morgan fingerprint density at radius 1 is 1.21 bits per heavy atom. The van der Waals surface area contributed by atoms with E-state index >= 15 is 0 Å². The average molecular weight is 388 g/mol. The van der Waals surface area contributed by atoms with Crippen LogP contribution in [0.2, 0.25) is 0 Å². The molecule has 1 aliphatic rings. The molecule has 100 valence electrons. The maximum Gasteiger partial charge on any atom is 0.116 e. The number of hydrogen-bond acceptors (Lipinski definition) is 3. The Morgan fingerprint density at radius 2 is 1.84 bits per heavy atom. The number of benzene rings is 1. The number of rotatable bonds is 4. The van der Waals surface area contributed by atoms with Crippen LogP contribution in [-0.4, -0.2) is 18.1 Å². The molecule has 0 amide bonds. The predicted octanol–water partition coefficient (Wildman–Crippen LogP) is 5.12. The average Bonchev–Trinajstić information content (AvgIpc) is 2.88. The molecular formula is C11H12Br2N6. The van der Waals surface area contributed by atoms with Gasteiger partial charge in [-0.3, -0.25) is 5.01 Å². The molecule has 1 fully saturated rings. The van der Waals surface area contributed by atoms with Gasteiger partial charge < -0.3 is 0 Å². The summed E-state index contributed by atoms with van der Waals surface area (Å²) in [6.07, 6.45) is 2.35. The van der Waals surface area contributed by atoms with Crippen LogP contribution in [0.5, 0.6) is 0 Å². The number of halogens is 2. The standard InChI is InChI=1S/C11H12Br2N6/c12-9-5-8(7-15-17-14)6-10(13)11(9)16-18-19-3-1-2-4-19/h5-6H,1-4,7H2. The van der Waals surface area contributed by atoms with Crippen molar-refractivity contribution >= 4 is 37.5 Å². The lowest BCUT2D eigenvalue weighted by Gasteiger charge is -2.09. The lowest BCUT2D eigenvalue weighted by Crippen LogP contribution is -2.09. The first-order valence-electron chi connectivity index (χ1n) is 5.86. The lowest BCUT2D eigenvalue weighted by molar-refractivity contribution is 0.336. The third-order valence-electron chi connectivity index (χ3n) is 2.75. The summed E-state index contributed by atoms with van der Waals surface area (Å²) in [7, 11) is 0. The zero-order chi connectivity index (χ0) is 13.7. The van der Waals surface area contributed by atoms with Crippen LogP contribution in [0.1, 0.15) is 18.4 Å². The maximum atomic E-state index is 8.32. The third-order valence-corrected chi connectivity index (χ3v) is 3.96. The normalized spacial score (nSPS) is 14.9. The molecule has 2 rings (SSSR count). The highest BCUT2D eigenvalue weighted by Gasteiger charge is 2.10. The molecular weight excluding hydrogens is 376 g/mol.